The number of nitrogens with two attached hydrogens (primary N) is 1. The Hall–Kier alpha value is -0.300. The molecule has 0 atom stereocenters. The van der Waals surface area contributed by atoms with E-state index >= 15 is 0 Å². The molecule has 2 N–H and O–H groups in total. The molecule has 4 nitrogen and oxygen atoms in total. The molecule has 1 aliphatic rings. The first-order valence-electron chi connectivity index (χ1n) is 6.86. The van der Waals surface area contributed by atoms with E-state index in [2.05, 4.69) is 47.7 Å². The predicted molar refractivity (Wildman–Crippen MR) is 90.7 cm³/mol. The smallest absolute Gasteiger partial charge is 0.143 e. The van der Waals surface area contributed by atoms with Crippen molar-refractivity contribution < 1.29 is 4.74 Å². The van der Waals surface area contributed by atoms with E-state index in [-0.39, 0.29) is 0 Å². The molecular weight excluding hydrogens is 386 g/mol. The molecule has 0 bridgehead atoms. The third kappa shape index (κ3) is 3.87. The summed E-state index contributed by atoms with van der Waals surface area (Å²) in [6.45, 7) is 6.08. The summed E-state index contributed by atoms with van der Waals surface area (Å²) < 4.78 is 7.57. The van der Waals surface area contributed by atoms with Crippen molar-refractivity contribution in [2.24, 2.45) is 5.73 Å². The van der Waals surface area contributed by atoms with Gasteiger partial charge in [0.25, 0.3) is 0 Å². The van der Waals surface area contributed by atoms with Crippen LogP contribution in [0.15, 0.2) is 21.1 Å². The maximum atomic E-state index is 5.57. The van der Waals surface area contributed by atoms with Crippen LogP contribution >= 0.6 is 31.9 Å². The van der Waals surface area contributed by atoms with Gasteiger partial charge in [-0.25, -0.2) is 0 Å². The van der Waals surface area contributed by atoms with Gasteiger partial charge in [-0.2, -0.15) is 0 Å². The van der Waals surface area contributed by atoms with Gasteiger partial charge in [0.15, 0.2) is 0 Å². The van der Waals surface area contributed by atoms with Gasteiger partial charge in [-0.15, -0.1) is 0 Å². The molecule has 1 fully saturated rings. The number of halogens is 2. The van der Waals surface area contributed by atoms with Crippen molar-refractivity contribution >= 4 is 37.5 Å². The van der Waals surface area contributed by atoms with Crippen molar-refractivity contribution in [3.8, 4) is 5.75 Å². The van der Waals surface area contributed by atoms with E-state index in [1.54, 1.807) is 7.11 Å². The number of anilines is 1. The third-order valence-corrected chi connectivity index (χ3v) is 5.46. The molecule has 0 aliphatic carbocycles. The number of piperazine rings is 1. The minimum Gasteiger partial charge on any atom is -0.495 e. The van der Waals surface area contributed by atoms with Gasteiger partial charge in [0.1, 0.15) is 5.75 Å². The molecule has 112 valence electrons. The first-order chi connectivity index (χ1) is 9.65. The van der Waals surface area contributed by atoms with Gasteiger partial charge >= 0.3 is 0 Å². The molecule has 20 heavy (non-hydrogen) atoms. The minimum atomic E-state index is 0.772. The van der Waals surface area contributed by atoms with Crippen molar-refractivity contribution in [3.63, 3.8) is 0 Å². The number of hydrogen-bond donors (Lipinski definition) is 1. The van der Waals surface area contributed by atoms with Crippen LogP contribution in [0.3, 0.4) is 0 Å². The van der Waals surface area contributed by atoms with Crippen molar-refractivity contribution in [2.45, 2.75) is 6.42 Å². The summed E-state index contributed by atoms with van der Waals surface area (Å²) in [5.74, 6) is 0.912. The Morgan fingerprint density at radius 2 is 1.80 bits per heavy atom. The lowest BCUT2D eigenvalue weighted by Gasteiger charge is -2.36. The van der Waals surface area contributed by atoms with Crippen molar-refractivity contribution in [3.05, 3.63) is 21.1 Å². The van der Waals surface area contributed by atoms with E-state index < -0.39 is 0 Å². The summed E-state index contributed by atoms with van der Waals surface area (Å²) in [5.41, 5.74) is 6.72. The lowest BCUT2D eigenvalue weighted by atomic mass is 10.2. The van der Waals surface area contributed by atoms with E-state index in [0.717, 1.165) is 66.1 Å². The Balaban J connectivity index is 2.05. The van der Waals surface area contributed by atoms with Gasteiger partial charge in [-0.1, -0.05) is 0 Å². The SMILES string of the molecule is COc1cc(Br)c(Br)cc1N1CCN(CCCN)CC1. The van der Waals surface area contributed by atoms with E-state index in [9.17, 15) is 0 Å². The Morgan fingerprint density at radius 3 is 2.40 bits per heavy atom. The Kier molecular flexibility index (Phi) is 6.14. The summed E-state index contributed by atoms with van der Waals surface area (Å²) in [4.78, 5) is 4.86. The maximum absolute atomic E-state index is 5.57. The van der Waals surface area contributed by atoms with Crippen LogP contribution in [0, 0.1) is 0 Å². The van der Waals surface area contributed by atoms with Gasteiger partial charge in [0.2, 0.25) is 0 Å². The Labute approximate surface area is 137 Å². The molecule has 2 rings (SSSR count). The van der Waals surface area contributed by atoms with Gasteiger partial charge < -0.3 is 15.4 Å². The van der Waals surface area contributed by atoms with Crippen molar-refractivity contribution in [2.75, 3.05) is 51.3 Å². The number of nitrogens with zero attached hydrogens (tertiary/aromatic N) is 2. The number of ether oxygens (including phenoxy) is 1. The highest BCUT2D eigenvalue weighted by atomic mass is 79.9. The molecule has 0 radical (unpaired) electrons. The molecule has 1 saturated heterocycles. The van der Waals surface area contributed by atoms with Crippen LogP contribution in [0.5, 0.6) is 5.75 Å². The zero-order chi connectivity index (χ0) is 14.5. The van der Waals surface area contributed by atoms with E-state index in [1.165, 1.54) is 0 Å². The second-order valence-corrected chi connectivity index (χ2v) is 6.62. The predicted octanol–water partition coefficient (Wildman–Crippen LogP) is 2.69. The highest BCUT2D eigenvalue weighted by molar-refractivity contribution is 9.13. The first kappa shape index (κ1) is 16.1. The van der Waals surface area contributed by atoms with Gasteiger partial charge in [0.05, 0.1) is 12.8 Å². The van der Waals surface area contributed by atoms with Gasteiger partial charge in [-0.3, -0.25) is 4.90 Å². The molecule has 0 spiro atoms. The van der Waals surface area contributed by atoms with Gasteiger partial charge in [-0.05, 0) is 63.5 Å². The number of hydrogen-bond acceptors (Lipinski definition) is 4. The molecule has 1 aromatic rings. The zero-order valence-corrected chi connectivity index (χ0v) is 14.9. The molecule has 0 aromatic heterocycles. The highest BCUT2D eigenvalue weighted by Crippen LogP contribution is 2.37. The quantitative estimate of drug-likeness (QED) is 0.816. The average molecular weight is 407 g/mol. The zero-order valence-electron chi connectivity index (χ0n) is 11.7. The Bertz CT molecular complexity index is 448. The fourth-order valence-corrected chi connectivity index (χ4v) is 3.11. The largest absolute Gasteiger partial charge is 0.495 e. The van der Waals surface area contributed by atoms with E-state index in [1.807, 2.05) is 6.07 Å². The Morgan fingerprint density at radius 1 is 1.15 bits per heavy atom. The fourth-order valence-electron chi connectivity index (χ4n) is 2.46. The number of methoxy groups -OCH3 is 1. The normalized spacial score (nSPS) is 16.5. The molecule has 1 aromatic carbocycles. The van der Waals surface area contributed by atoms with Crippen LogP contribution in [0.1, 0.15) is 6.42 Å². The van der Waals surface area contributed by atoms with Crippen LogP contribution in [0.4, 0.5) is 5.69 Å². The highest BCUT2D eigenvalue weighted by Gasteiger charge is 2.20. The minimum absolute atomic E-state index is 0.772. The summed E-state index contributed by atoms with van der Waals surface area (Å²) in [5, 5.41) is 0. The van der Waals surface area contributed by atoms with Crippen LogP contribution in [-0.2, 0) is 0 Å². The van der Waals surface area contributed by atoms with Crippen molar-refractivity contribution in [1.82, 2.24) is 4.90 Å². The topological polar surface area (TPSA) is 41.7 Å². The standard InChI is InChI=1S/C14H21Br2N3O/c1-20-14-10-12(16)11(15)9-13(14)19-7-5-18(6-8-19)4-2-3-17/h9-10H,2-8,17H2,1H3. The number of benzene rings is 1. The lowest BCUT2D eigenvalue weighted by Crippen LogP contribution is -2.47. The monoisotopic (exact) mass is 405 g/mol. The van der Waals surface area contributed by atoms with Crippen LogP contribution in [0.2, 0.25) is 0 Å². The van der Waals surface area contributed by atoms with Crippen LogP contribution in [0.25, 0.3) is 0 Å². The second kappa shape index (κ2) is 7.64. The molecule has 0 amide bonds. The van der Waals surface area contributed by atoms with Crippen LogP contribution < -0.4 is 15.4 Å². The van der Waals surface area contributed by atoms with E-state index in [4.69, 9.17) is 10.5 Å². The van der Waals surface area contributed by atoms with Gasteiger partial charge in [0, 0.05) is 35.1 Å². The fraction of sp³-hybridized carbons (Fsp3) is 0.571. The molecule has 1 heterocycles. The van der Waals surface area contributed by atoms with Crippen molar-refractivity contribution in [1.29, 1.82) is 0 Å². The molecular formula is C14H21Br2N3O. The molecule has 6 heteroatoms. The average Bonchev–Trinajstić information content (AvgIpc) is 2.48. The molecule has 0 unspecified atom stereocenters. The summed E-state index contributed by atoms with van der Waals surface area (Å²) in [6, 6.07) is 4.14. The summed E-state index contributed by atoms with van der Waals surface area (Å²) in [7, 11) is 1.72. The first-order valence-corrected chi connectivity index (χ1v) is 8.44. The lowest BCUT2D eigenvalue weighted by molar-refractivity contribution is 0.255. The van der Waals surface area contributed by atoms with Crippen LogP contribution in [-0.4, -0.2) is 51.3 Å². The molecule has 1 aliphatic heterocycles. The number of rotatable bonds is 5. The maximum Gasteiger partial charge on any atom is 0.143 e. The third-order valence-electron chi connectivity index (χ3n) is 3.61. The summed E-state index contributed by atoms with van der Waals surface area (Å²) in [6.07, 6.45) is 1.08. The van der Waals surface area contributed by atoms with E-state index in [0.29, 0.717) is 0 Å². The summed E-state index contributed by atoms with van der Waals surface area (Å²) >= 11 is 7.09. The molecule has 0 saturated carbocycles. The second-order valence-electron chi connectivity index (χ2n) is 4.91.